The van der Waals surface area contributed by atoms with Gasteiger partial charge in [-0.3, -0.25) is 9.10 Å². The molecular weight excluding hydrogens is 380 g/mol. The second-order valence-electron chi connectivity index (χ2n) is 6.74. The number of methoxy groups -OCH3 is 1. The van der Waals surface area contributed by atoms with E-state index in [4.69, 9.17) is 9.47 Å². The summed E-state index contributed by atoms with van der Waals surface area (Å²) in [5.74, 6) is 0.949. The molecule has 0 aliphatic carbocycles. The molecule has 0 fully saturated rings. The van der Waals surface area contributed by atoms with Gasteiger partial charge in [-0.2, -0.15) is 0 Å². The minimum absolute atomic E-state index is 0.183. The summed E-state index contributed by atoms with van der Waals surface area (Å²) in [5.41, 5.74) is 1.42. The molecule has 0 aromatic heterocycles. The second kappa shape index (κ2) is 8.10. The lowest BCUT2D eigenvalue weighted by Gasteiger charge is -2.23. The van der Waals surface area contributed by atoms with E-state index in [0.717, 1.165) is 17.6 Å². The molecule has 150 valence electrons. The standard InChI is InChI=1S/C20H24N2O5S/c1-21(14-15-8-10-16(26-2)11-9-15)20(23)19-12-13-22(28(3,24)25)17-6-4-5-7-18(17)27-19/h4-11,19H,12-14H2,1-3H3/t19-/m1/s1. The minimum atomic E-state index is -3.47. The van der Waals surface area contributed by atoms with Crippen molar-refractivity contribution >= 4 is 21.6 Å². The zero-order valence-electron chi connectivity index (χ0n) is 16.2. The molecule has 1 aliphatic heterocycles. The number of hydrogen-bond acceptors (Lipinski definition) is 5. The van der Waals surface area contributed by atoms with E-state index < -0.39 is 16.1 Å². The highest BCUT2D eigenvalue weighted by Crippen LogP contribution is 2.34. The molecule has 0 saturated carbocycles. The van der Waals surface area contributed by atoms with Crippen LogP contribution in [-0.2, 0) is 21.4 Å². The van der Waals surface area contributed by atoms with Crippen LogP contribution in [0.15, 0.2) is 48.5 Å². The van der Waals surface area contributed by atoms with Gasteiger partial charge in [0.15, 0.2) is 6.10 Å². The molecule has 2 aromatic carbocycles. The van der Waals surface area contributed by atoms with Crippen molar-refractivity contribution < 1.29 is 22.7 Å². The summed E-state index contributed by atoms with van der Waals surface area (Å²) < 4.78 is 36.7. The first-order chi connectivity index (χ1) is 13.3. The third-order valence-corrected chi connectivity index (χ3v) is 5.81. The fraction of sp³-hybridized carbons (Fsp3) is 0.350. The van der Waals surface area contributed by atoms with Gasteiger partial charge < -0.3 is 14.4 Å². The predicted octanol–water partition coefficient (Wildman–Crippen LogP) is 2.27. The lowest BCUT2D eigenvalue weighted by molar-refractivity contribution is -0.138. The van der Waals surface area contributed by atoms with Crippen LogP contribution in [0.3, 0.4) is 0 Å². The van der Waals surface area contributed by atoms with Crippen LogP contribution in [0.4, 0.5) is 5.69 Å². The highest BCUT2D eigenvalue weighted by atomic mass is 32.2. The van der Waals surface area contributed by atoms with Gasteiger partial charge in [0.2, 0.25) is 10.0 Å². The van der Waals surface area contributed by atoms with Crippen LogP contribution in [0.1, 0.15) is 12.0 Å². The molecule has 0 N–H and O–H groups in total. The summed E-state index contributed by atoms with van der Waals surface area (Å²) in [7, 11) is -0.158. The second-order valence-corrected chi connectivity index (χ2v) is 8.65. The van der Waals surface area contributed by atoms with Gasteiger partial charge in [0, 0.05) is 26.6 Å². The smallest absolute Gasteiger partial charge is 0.263 e. The van der Waals surface area contributed by atoms with Crippen molar-refractivity contribution in [3.05, 3.63) is 54.1 Å². The van der Waals surface area contributed by atoms with Gasteiger partial charge in [-0.05, 0) is 29.8 Å². The van der Waals surface area contributed by atoms with E-state index >= 15 is 0 Å². The number of hydrogen-bond donors (Lipinski definition) is 0. The zero-order chi connectivity index (χ0) is 20.3. The average molecular weight is 404 g/mol. The molecule has 0 radical (unpaired) electrons. The van der Waals surface area contributed by atoms with Gasteiger partial charge >= 0.3 is 0 Å². The van der Waals surface area contributed by atoms with Crippen LogP contribution in [0.5, 0.6) is 11.5 Å². The average Bonchev–Trinajstić information content (AvgIpc) is 2.87. The van der Waals surface area contributed by atoms with E-state index in [1.54, 1.807) is 43.3 Å². The number of anilines is 1. The number of benzene rings is 2. The van der Waals surface area contributed by atoms with Crippen LogP contribution in [-0.4, -0.2) is 52.3 Å². The number of carbonyl (C=O) groups excluding carboxylic acids is 1. The molecule has 1 aliphatic rings. The number of amides is 1. The SMILES string of the molecule is COc1ccc(CN(C)C(=O)[C@H]2CCN(S(C)(=O)=O)c3ccccc3O2)cc1. The summed E-state index contributed by atoms with van der Waals surface area (Å²) in [6, 6.07) is 14.4. The van der Waals surface area contributed by atoms with Crippen molar-refractivity contribution in [1.82, 2.24) is 4.90 Å². The Bertz CT molecular complexity index is 943. The first kappa shape index (κ1) is 20.0. The van der Waals surface area contributed by atoms with E-state index in [-0.39, 0.29) is 18.9 Å². The third-order valence-electron chi connectivity index (χ3n) is 4.63. The van der Waals surface area contributed by atoms with Crippen molar-refractivity contribution in [3.63, 3.8) is 0 Å². The molecule has 0 bridgehead atoms. The topological polar surface area (TPSA) is 76.2 Å². The highest BCUT2D eigenvalue weighted by molar-refractivity contribution is 7.92. The fourth-order valence-electron chi connectivity index (χ4n) is 3.18. The molecule has 8 heteroatoms. The Labute approximate surface area is 165 Å². The number of likely N-dealkylation sites (N-methyl/N-ethyl adjacent to an activating group) is 1. The molecule has 1 atom stereocenters. The van der Waals surface area contributed by atoms with Crippen LogP contribution in [0.25, 0.3) is 0 Å². The first-order valence-corrected chi connectivity index (χ1v) is 10.8. The Morgan fingerprint density at radius 2 is 1.89 bits per heavy atom. The lowest BCUT2D eigenvalue weighted by Crippen LogP contribution is -2.40. The maximum atomic E-state index is 13.0. The third kappa shape index (κ3) is 4.39. The van der Waals surface area contributed by atoms with Crippen molar-refractivity contribution in [2.75, 3.05) is 31.3 Å². The van der Waals surface area contributed by atoms with Gasteiger partial charge in [-0.1, -0.05) is 24.3 Å². The van der Waals surface area contributed by atoms with Crippen molar-refractivity contribution in [2.45, 2.75) is 19.1 Å². The Kier molecular flexibility index (Phi) is 5.79. The summed E-state index contributed by atoms with van der Waals surface area (Å²) >= 11 is 0. The summed E-state index contributed by atoms with van der Waals surface area (Å²) in [6.45, 7) is 0.600. The molecular formula is C20H24N2O5S. The number of sulfonamides is 1. The Hall–Kier alpha value is -2.74. The van der Waals surface area contributed by atoms with E-state index in [1.165, 1.54) is 4.31 Å². The zero-order valence-corrected chi connectivity index (χ0v) is 17.0. The normalized spacial score (nSPS) is 16.5. The monoisotopic (exact) mass is 404 g/mol. The molecule has 3 rings (SSSR count). The minimum Gasteiger partial charge on any atom is -0.497 e. The van der Waals surface area contributed by atoms with Gasteiger partial charge in [0.05, 0.1) is 19.1 Å². The van der Waals surface area contributed by atoms with Crippen molar-refractivity contribution in [3.8, 4) is 11.5 Å². The number of carbonyl (C=O) groups is 1. The number of rotatable bonds is 5. The van der Waals surface area contributed by atoms with Crippen LogP contribution < -0.4 is 13.8 Å². The van der Waals surface area contributed by atoms with Gasteiger partial charge in [-0.25, -0.2) is 8.42 Å². The molecule has 28 heavy (non-hydrogen) atoms. The molecule has 0 saturated heterocycles. The molecule has 1 amide bonds. The number of nitrogens with zero attached hydrogens (tertiary/aromatic N) is 2. The summed E-state index contributed by atoms with van der Waals surface area (Å²) in [6.07, 6.45) is 0.672. The van der Waals surface area contributed by atoms with E-state index in [1.807, 2.05) is 24.3 Å². The molecule has 1 heterocycles. The van der Waals surface area contributed by atoms with Crippen LogP contribution >= 0.6 is 0 Å². The summed E-state index contributed by atoms with van der Waals surface area (Å²) in [4.78, 5) is 14.5. The Morgan fingerprint density at radius 3 is 2.54 bits per heavy atom. The number of para-hydroxylation sites is 2. The lowest BCUT2D eigenvalue weighted by atomic mass is 10.1. The van der Waals surface area contributed by atoms with Crippen molar-refractivity contribution in [2.24, 2.45) is 0 Å². The van der Waals surface area contributed by atoms with E-state index in [9.17, 15) is 13.2 Å². The van der Waals surface area contributed by atoms with Gasteiger partial charge in [0.25, 0.3) is 5.91 Å². The maximum absolute atomic E-state index is 13.0. The van der Waals surface area contributed by atoms with Crippen LogP contribution in [0.2, 0.25) is 0 Å². The largest absolute Gasteiger partial charge is 0.497 e. The molecule has 7 nitrogen and oxygen atoms in total. The number of fused-ring (bicyclic) bond motifs is 1. The fourth-order valence-corrected chi connectivity index (χ4v) is 4.12. The van der Waals surface area contributed by atoms with E-state index in [2.05, 4.69) is 0 Å². The van der Waals surface area contributed by atoms with Gasteiger partial charge in [0.1, 0.15) is 11.5 Å². The quantitative estimate of drug-likeness (QED) is 0.764. The maximum Gasteiger partial charge on any atom is 0.263 e. The van der Waals surface area contributed by atoms with Gasteiger partial charge in [-0.15, -0.1) is 0 Å². The summed E-state index contributed by atoms with van der Waals surface area (Å²) in [5, 5.41) is 0. The molecule has 0 spiro atoms. The number of ether oxygens (including phenoxy) is 2. The first-order valence-electron chi connectivity index (χ1n) is 8.91. The molecule has 2 aromatic rings. The van der Waals surface area contributed by atoms with Crippen LogP contribution in [0, 0.1) is 0 Å². The predicted molar refractivity (Wildman–Crippen MR) is 107 cm³/mol. The van der Waals surface area contributed by atoms with E-state index in [0.29, 0.717) is 18.0 Å². The molecule has 0 unspecified atom stereocenters. The highest BCUT2D eigenvalue weighted by Gasteiger charge is 2.32. The Balaban J connectivity index is 1.77. The van der Waals surface area contributed by atoms with Crippen molar-refractivity contribution in [1.29, 1.82) is 0 Å². The Morgan fingerprint density at radius 1 is 1.21 bits per heavy atom.